The van der Waals surface area contributed by atoms with Gasteiger partial charge < -0.3 is 15.2 Å². The fourth-order valence-corrected chi connectivity index (χ4v) is 1.72. The second-order valence-corrected chi connectivity index (χ2v) is 4.80. The first-order valence-corrected chi connectivity index (χ1v) is 5.63. The quantitative estimate of drug-likeness (QED) is 0.778. The van der Waals surface area contributed by atoms with Gasteiger partial charge in [0.25, 0.3) is 0 Å². The van der Waals surface area contributed by atoms with Gasteiger partial charge in [-0.2, -0.15) is 0 Å². The minimum atomic E-state index is -0.954. The molecule has 4 nitrogen and oxygen atoms in total. The molecule has 2 aromatic rings. The molecule has 1 aromatic heterocycles. The summed E-state index contributed by atoms with van der Waals surface area (Å²) < 4.78 is 0. The molecule has 18 heavy (non-hydrogen) atoms. The largest absolute Gasteiger partial charge is 0.478 e. The lowest BCUT2D eigenvalue weighted by Gasteiger charge is -2.09. The zero-order valence-corrected chi connectivity index (χ0v) is 10.3. The Morgan fingerprint density at radius 3 is 2.72 bits per heavy atom. The Morgan fingerprint density at radius 1 is 1.39 bits per heavy atom. The summed E-state index contributed by atoms with van der Waals surface area (Å²) in [7, 11) is 0. The summed E-state index contributed by atoms with van der Waals surface area (Å²) in [5.74, 6) is -0.954. The van der Waals surface area contributed by atoms with Crippen molar-refractivity contribution in [2.24, 2.45) is 0 Å². The van der Waals surface area contributed by atoms with Gasteiger partial charge in [0.2, 0.25) is 0 Å². The Kier molecular flexibility index (Phi) is 2.97. The van der Waals surface area contributed by atoms with E-state index in [9.17, 15) is 9.90 Å². The van der Waals surface area contributed by atoms with E-state index in [4.69, 9.17) is 5.11 Å². The van der Waals surface area contributed by atoms with Crippen molar-refractivity contribution >= 4 is 22.9 Å². The van der Waals surface area contributed by atoms with Crippen molar-refractivity contribution in [2.45, 2.75) is 19.4 Å². The molecular formula is C14H15NO3. The molecule has 1 heterocycles. The number of aromatic amines is 1. The Labute approximate surface area is 105 Å². The lowest BCUT2D eigenvalue weighted by atomic mass is 10.1. The normalized spacial score (nSPS) is 12.4. The number of H-pyrrole nitrogens is 1. The number of hydrogen-bond acceptors (Lipinski definition) is 2. The van der Waals surface area contributed by atoms with E-state index < -0.39 is 11.6 Å². The van der Waals surface area contributed by atoms with Crippen molar-refractivity contribution in [1.82, 2.24) is 4.98 Å². The van der Waals surface area contributed by atoms with Crippen LogP contribution in [0.3, 0.4) is 0 Å². The Balaban J connectivity index is 2.46. The predicted octanol–water partition coefficient (Wildman–Crippen LogP) is 2.65. The molecule has 1 aromatic carbocycles. The van der Waals surface area contributed by atoms with E-state index in [0.29, 0.717) is 5.39 Å². The fraction of sp³-hybridized carbons (Fsp3) is 0.214. The van der Waals surface area contributed by atoms with Crippen molar-refractivity contribution in [2.75, 3.05) is 0 Å². The van der Waals surface area contributed by atoms with Crippen LogP contribution in [0.25, 0.3) is 17.0 Å². The van der Waals surface area contributed by atoms with Crippen LogP contribution in [0.2, 0.25) is 0 Å². The van der Waals surface area contributed by atoms with E-state index in [-0.39, 0.29) is 5.56 Å². The van der Waals surface area contributed by atoms with Crippen LogP contribution in [-0.4, -0.2) is 26.8 Å². The van der Waals surface area contributed by atoms with Crippen LogP contribution in [0.5, 0.6) is 0 Å². The maximum absolute atomic E-state index is 11.0. The van der Waals surface area contributed by atoms with Crippen LogP contribution in [0.4, 0.5) is 0 Å². The molecule has 0 aliphatic heterocycles. The number of benzene rings is 1. The zero-order valence-electron chi connectivity index (χ0n) is 10.3. The molecule has 0 saturated carbocycles. The number of rotatable bonds is 3. The lowest BCUT2D eigenvalue weighted by molar-refractivity contribution is 0.0699. The van der Waals surface area contributed by atoms with E-state index >= 15 is 0 Å². The molecular weight excluding hydrogens is 230 g/mol. The van der Waals surface area contributed by atoms with Gasteiger partial charge in [-0.1, -0.05) is 18.2 Å². The van der Waals surface area contributed by atoms with Crippen LogP contribution in [0, 0.1) is 0 Å². The summed E-state index contributed by atoms with van der Waals surface area (Å²) in [4.78, 5) is 13.9. The Hall–Kier alpha value is -2.07. The number of hydrogen-bond donors (Lipinski definition) is 3. The van der Waals surface area contributed by atoms with Gasteiger partial charge >= 0.3 is 5.97 Å². The molecule has 0 unspecified atom stereocenters. The highest BCUT2D eigenvalue weighted by Crippen LogP contribution is 2.21. The molecule has 0 aliphatic carbocycles. The molecule has 0 aliphatic rings. The van der Waals surface area contributed by atoms with Gasteiger partial charge in [0, 0.05) is 17.1 Å². The summed E-state index contributed by atoms with van der Waals surface area (Å²) in [6, 6.07) is 5.48. The first kappa shape index (κ1) is 12.4. The summed E-state index contributed by atoms with van der Waals surface area (Å²) in [6.45, 7) is 3.36. The van der Waals surface area contributed by atoms with Crippen molar-refractivity contribution in [3.8, 4) is 0 Å². The van der Waals surface area contributed by atoms with E-state index in [1.165, 1.54) is 6.20 Å². The highest BCUT2D eigenvalue weighted by atomic mass is 16.4. The molecule has 0 atom stereocenters. The van der Waals surface area contributed by atoms with Crippen molar-refractivity contribution in [3.05, 3.63) is 41.6 Å². The van der Waals surface area contributed by atoms with E-state index in [1.54, 1.807) is 32.1 Å². The van der Waals surface area contributed by atoms with Gasteiger partial charge in [0.05, 0.1) is 11.2 Å². The molecule has 2 rings (SSSR count). The molecule has 0 spiro atoms. The summed E-state index contributed by atoms with van der Waals surface area (Å²) >= 11 is 0. The first-order chi connectivity index (χ1) is 8.37. The molecule has 0 saturated heterocycles. The van der Waals surface area contributed by atoms with Gasteiger partial charge in [-0.05, 0) is 31.5 Å². The standard InChI is InChI=1S/C14H15NO3/c1-14(2,18)6-5-9-3-4-12-10(7-9)11(8-15-12)13(16)17/h3-8,15,18H,1-2H3,(H,16,17)/b6-5+. The Morgan fingerprint density at radius 2 is 2.11 bits per heavy atom. The summed E-state index contributed by atoms with van der Waals surface area (Å²) in [5.41, 5.74) is 1.01. The number of aromatic nitrogens is 1. The number of nitrogens with one attached hydrogen (secondary N) is 1. The first-order valence-electron chi connectivity index (χ1n) is 5.63. The third kappa shape index (κ3) is 2.60. The number of carboxylic acid groups (broad SMARTS) is 1. The maximum Gasteiger partial charge on any atom is 0.337 e. The average Bonchev–Trinajstić information content (AvgIpc) is 2.68. The number of fused-ring (bicyclic) bond motifs is 1. The molecule has 0 radical (unpaired) electrons. The minimum absolute atomic E-state index is 0.253. The van der Waals surface area contributed by atoms with Crippen LogP contribution in [0.15, 0.2) is 30.5 Å². The SMILES string of the molecule is CC(C)(O)/C=C/c1ccc2[nH]cc(C(=O)O)c2c1. The molecule has 0 fully saturated rings. The van der Waals surface area contributed by atoms with Crippen LogP contribution in [-0.2, 0) is 0 Å². The van der Waals surface area contributed by atoms with Gasteiger partial charge in [-0.15, -0.1) is 0 Å². The number of aliphatic hydroxyl groups is 1. The van der Waals surface area contributed by atoms with Crippen molar-refractivity contribution < 1.29 is 15.0 Å². The minimum Gasteiger partial charge on any atom is -0.478 e. The third-order valence-corrected chi connectivity index (χ3v) is 2.62. The number of carboxylic acids is 1. The van der Waals surface area contributed by atoms with Crippen LogP contribution in [0.1, 0.15) is 29.8 Å². The smallest absolute Gasteiger partial charge is 0.337 e. The molecule has 4 heteroatoms. The molecule has 0 amide bonds. The highest BCUT2D eigenvalue weighted by molar-refractivity contribution is 6.03. The van der Waals surface area contributed by atoms with Crippen molar-refractivity contribution in [1.29, 1.82) is 0 Å². The van der Waals surface area contributed by atoms with E-state index in [0.717, 1.165) is 11.1 Å². The molecule has 94 valence electrons. The average molecular weight is 245 g/mol. The Bertz CT molecular complexity index is 617. The topological polar surface area (TPSA) is 73.3 Å². The molecule has 0 bridgehead atoms. The van der Waals surface area contributed by atoms with Crippen molar-refractivity contribution in [3.63, 3.8) is 0 Å². The van der Waals surface area contributed by atoms with E-state index in [2.05, 4.69) is 4.98 Å². The molecule has 3 N–H and O–H groups in total. The summed E-state index contributed by atoms with van der Waals surface area (Å²) in [6.07, 6.45) is 4.93. The van der Waals surface area contributed by atoms with Crippen LogP contribution < -0.4 is 0 Å². The number of carbonyl (C=O) groups is 1. The fourth-order valence-electron chi connectivity index (χ4n) is 1.72. The predicted molar refractivity (Wildman–Crippen MR) is 70.6 cm³/mol. The number of aromatic carboxylic acids is 1. The lowest BCUT2D eigenvalue weighted by Crippen LogP contribution is -2.13. The maximum atomic E-state index is 11.0. The van der Waals surface area contributed by atoms with Gasteiger partial charge in [-0.25, -0.2) is 4.79 Å². The van der Waals surface area contributed by atoms with Crippen LogP contribution >= 0.6 is 0 Å². The van der Waals surface area contributed by atoms with Gasteiger partial charge in [-0.3, -0.25) is 0 Å². The second-order valence-electron chi connectivity index (χ2n) is 4.80. The van der Waals surface area contributed by atoms with Gasteiger partial charge in [0.15, 0.2) is 0 Å². The van der Waals surface area contributed by atoms with E-state index in [1.807, 2.05) is 12.1 Å². The highest BCUT2D eigenvalue weighted by Gasteiger charge is 2.10. The second kappa shape index (κ2) is 4.31. The third-order valence-electron chi connectivity index (χ3n) is 2.62. The van der Waals surface area contributed by atoms with Gasteiger partial charge in [0.1, 0.15) is 0 Å². The summed E-state index contributed by atoms with van der Waals surface area (Å²) in [5, 5.41) is 19.3. The zero-order chi connectivity index (χ0) is 13.3. The monoisotopic (exact) mass is 245 g/mol.